The topological polar surface area (TPSA) is 84.2 Å². The molecule has 0 spiro atoms. The summed E-state index contributed by atoms with van der Waals surface area (Å²) < 4.78 is 2.34. The van der Waals surface area contributed by atoms with Crippen molar-refractivity contribution in [2.24, 2.45) is 11.8 Å². The van der Waals surface area contributed by atoms with E-state index in [0.29, 0.717) is 17.9 Å². The Morgan fingerprint density at radius 3 is 2.67 bits per heavy atom. The van der Waals surface area contributed by atoms with Crippen LogP contribution in [0.1, 0.15) is 73.4 Å². The normalized spacial score (nSPS) is 15.7. The van der Waals surface area contributed by atoms with E-state index in [0.717, 1.165) is 29.8 Å². The molecule has 6 nitrogen and oxygen atoms in total. The number of carboxylic acid groups (broad SMARTS) is 1. The molecule has 33 heavy (non-hydrogen) atoms. The first-order chi connectivity index (χ1) is 15.9. The van der Waals surface area contributed by atoms with Crippen molar-refractivity contribution >= 4 is 34.2 Å². The Balaban J connectivity index is 1.62. The van der Waals surface area contributed by atoms with Crippen LogP contribution in [0.3, 0.4) is 0 Å². The van der Waals surface area contributed by atoms with Crippen LogP contribution in [0.2, 0.25) is 0 Å². The van der Waals surface area contributed by atoms with Crippen LogP contribution in [0.15, 0.2) is 35.7 Å². The first-order valence-electron chi connectivity index (χ1n) is 12.0. The van der Waals surface area contributed by atoms with Crippen LogP contribution >= 0.6 is 11.3 Å². The summed E-state index contributed by atoms with van der Waals surface area (Å²) >= 11 is 1.73. The summed E-state index contributed by atoms with van der Waals surface area (Å²) in [4.78, 5) is 30.6. The van der Waals surface area contributed by atoms with E-state index in [4.69, 9.17) is 4.98 Å². The van der Waals surface area contributed by atoms with Crippen LogP contribution in [-0.2, 0) is 17.8 Å². The molecule has 1 fully saturated rings. The van der Waals surface area contributed by atoms with Crippen LogP contribution in [0, 0.1) is 11.8 Å². The highest BCUT2D eigenvalue weighted by Gasteiger charge is 2.23. The maximum Gasteiger partial charge on any atom is 0.326 e. The molecule has 1 saturated carbocycles. The molecule has 0 unspecified atom stereocenters. The van der Waals surface area contributed by atoms with Gasteiger partial charge in [-0.25, -0.2) is 9.78 Å². The Hall–Kier alpha value is -2.67. The molecule has 2 N–H and O–H groups in total. The second-order valence-corrected chi connectivity index (χ2v) is 10.6. The van der Waals surface area contributed by atoms with Crippen LogP contribution in [-0.4, -0.2) is 32.6 Å². The zero-order valence-electron chi connectivity index (χ0n) is 19.4. The van der Waals surface area contributed by atoms with Gasteiger partial charge in [-0.15, -0.1) is 11.3 Å². The molecular weight excluding hydrogens is 434 g/mol. The van der Waals surface area contributed by atoms with Crippen molar-refractivity contribution in [2.75, 3.05) is 0 Å². The summed E-state index contributed by atoms with van der Waals surface area (Å²) in [6.45, 7) is 4.85. The highest BCUT2D eigenvalue weighted by molar-refractivity contribution is 7.09. The maximum atomic E-state index is 12.8. The van der Waals surface area contributed by atoms with Crippen LogP contribution in [0.4, 0.5) is 0 Å². The molecule has 2 aromatic heterocycles. The number of aliphatic carboxylic acids is 1. The fourth-order valence-electron chi connectivity index (χ4n) is 4.79. The molecule has 3 aromatic rings. The van der Waals surface area contributed by atoms with E-state index < -0.39 is 12.0 Å². The summed E-state index contributed by atoms with van der Waals surface area (Å²) in [6, 6.07) is 8.86. The van der Waals surface area contributed by atoms with Gasteiger partial charge in [0.2, 0.25) is 0 Å². The number of carboxylic acids is 1. The minimum atomic E-state index is -1.01. The standard InChI is InChI=1S/C26H33N3O3S/c1-17(2)13-22(26(31)32)28-25(30)19-10-11-23-21(14-19)27-24(15-20-9-6-12-33-20)29(23)16-18-7-4-3-5-8-18/h6,9-12,14,17-18,22H,3-5,7-8,13,15-16H2,1-2H3,(H,28,30)(H,31,32)/t22-/m0/s1. The van der Waals surface area contributed by atoms with Gasteiger partial charge in [-0.2, -0.15) is 0 Å². The Morgan fingerprint density at radius 2 is 2.00 bits per heavy atom. The van der Waals surface area contributed by atoms with Crippen molar-refractivity contribution < 1.29 is 14.7 Å². The summed E-state index contributed by atoms with van der Waals surface area (Å²) in [5, 5.41) is 14.2. The van der Waals surface area contributed by atoms with Crippen molar-refractivity contribution in [2.45, 2.75) is 71.4 Å². The average molecular weight is 468 g/mol. The van der Waals surface area contributed by atoms with E-state index >= 15 is 0 Å². The van der Waals surface area contributed by atoms with Gasteiger partial charge in [-0.05, 0) is 60.7 Å². The van der Waals surface area contributed by atoms with Crippen molar-refractivity contribution in [3.05, 3.63) is 52.0 Å². The third kappa shape index (κ3) is 5.82. The molecule has 4 rings (SSSR count). The zero-order valence-corrected chi connectivity index (χ0v) is 20.2. The minimum Gasteiger partial charge on any atom is -0.480 e. The van der Waals surface area contributed by atoms with Gasteiger partial charge in [0.15, 0.2) is 0 Å². The fourth-order valence-corrected chi connectivity index (χ4v) is 5.49. The quantitative estimate of drug-likeness (QED) is 0.435. The second-order valence-electron chi connectivity index (χ2n) is 9.60. The van der Waals surface area contributed by atoms with E-state index in [2.05, 4.69) is 27.4 Å². The SMILES string of the molecule is CC(C)C[C@H](NC(=O)c1ccc2c(c1)nc(Cc1cccs1)n2CC1CCCCC1)C(=O)O. The fraction of sp³-hybridized carbons (Fsp3) is 0.500. The monoisotopic (exact) mass is 467 g/mol. The van der Waals surface area contributed by atoms with Gasteiger partial charge >= 0.3 is 5.97 Å². The molecule has 1 aliphatic rings. The van der Waals surface area contributed by atoms with E-state index in [1.54, 1.807) is 23.5 Å². The van der Waals surface area contributed by atoms with Gasteiger partial charge < -0.3 is 15.0 Å². The van der Waals surface area contributed by atoms with Crippen molar-refractivity contribution in [1.29, 1.82) is 0 Å². The van der Waals surface area contributed by atoms with E-state index in [9.17, 15) is 14.7 Å². The molecule has 1 atom stereocenters. The van der Waals surface area contributed by atoms with Gasteiger partial charge in [-0.3, -0.25) is 4.79 Å². The van der Waals surface area contributed by atoms with Gasteiger partial charge in [-0.1, -0.05) is 39.2 Å². The van der Waals surface area contributed by atoms with Gasteiger partial charge in [0, 0.05) is 23.4 Å². The molecule has 0 radical (unpaired) electrons. The summed E-state index contributed by atoms with van der Waals surface area (Å²) in [7, 11) is 0. The second kappa shape index (κ2) is 10.5. The highest BCUT2D eigenvalue weighted by Crippen LogP contribution is 2.29. The van der Waals surface area contributed by atoms with Crippen molar-refractivity contribution in [3.8, 4) is 0 Å². The van der Waals surface area contributed by atoms with E-state index in [-0.39, 0.29) is 11.8 Å². The molecule has 2 heterocycles. The van der Waals surface area contributed by atoms with Crippen molar-refractivity contribution in [1.82, 2.24) is 14.9 Å². The first kappa shape index (κ1) is 23.5. The lowest BCUT2D eigenvalue weighted by atomic mass is 9.89. The van der Waals surface area contributed by atoms with Gasteiger partial charge in [0.1, 0.15) is 11.9 Å². The van der Waals surface area contributed by atoms with Crippen LogP contribution in [0.25, 0.3) is 11.0 Å². The third-order valence-corrected chi connectivity index (χ3v) is 7.35. The Morgan fingerprint density at radius 1 is 1.21 bits per heavy atom. The summed E-state index contributed by atoms with van der Waals surface area (Å²) in [5.41, 5.74) is 2.28. The number of rotatable bonds is 9. The minimum absolute atomic E-state index is 0.171. The maximum absolute atomic E-state index is 12.8. The van der Waals surface area contributed by atoms with Crippen LogP contribution < -0.4 is 5.32 Å². The number of thiophene rings is 1. The summed E-state index contributed by atoms with van der Waals surface area (Å²) in [6.07, 6.45) is 7.60. The molecule has 1 amide bonds. The number of benzene rings is 1. The molecule has 1 aromatic carbocycles. The number of carbonyl (C=O) groups is 2. The smallest absolute Gasteiger partial charge is 0.326 e. The number of nitrogens with zero attached hydrogens (tertiary/aromatic N) is 2. The molecular formula is C26H33N3O3S. The Labute approximate surface area is 199 Å². The number of aromatic nitrogens is 2. The number of amides is 1. The number of fused-ring (bicyclic) bond motifs is 1. The number of hydrogen-bond donors (Lipinski definition) is 2. The number of carbonyl (C=O) groups excluding carboxylic acids is 1. The Bertz CT molecular complexity index is 1100. The Kier molecular flexibility index (Phi) is 7.48. The lowest BCUT2D eigenvalue weighted by Crippen LogP contribution is -2.41. The molecule has 0 bridgehead atoms. The first-order valence-corrected chi connectivity index (χ1v) is 12.8. The molecule has 1 aliphatic carbocycles. The third-order valence-electron chi connectivity index (χ3n) is 6.48. The number of nitrogens with one attached hydrogen (secondary N) is 1. The molecule has 0 aliphatic heterocycles. The van der Waals surface area contributed by atoms with Gasteiger partial charge in [0.25, 0.3) is 5.91 Å². The molecule has 176 valence electrons. The largest absolute Gasteiger partial charge is 0.480 e. The lowest BCUT2D eigenvalue weighted by Gasteiger charge is -2.23. The number of hydrogen-bond acceptors (Lipinski definition) is 4. The van der Waals surface area contributed by atoms with E-state index in [1.165, 1.54) is 37.0 Å². The zero-order chi connectivity index (χ0) is 23.4. The summed E-state index contributed by atoms with van der Waals surface area (Å²) in [5.74, 6) is 0.483. The highest BCUT2D eigenvalue weighted by atomic mass is 32.1. The average Bonchev–Trinajstić information content (AvgIpc) is 3.41. The predicted octanol–water partition coefficient (Wildman–Crippen LogP) is 5.50. The van der Waals surface area contributed by atoms with Crippen molar-refractivity contribution in [3.63, 3.8) is 0 Å². The van der Waals surface area contributed by atoms with Crippen LogP contribution in [0.5, 0.6) is 0 Å². The number of imidazole rings is 1. The lowest BCUT2D eigenvalue weighted by molar-refractivity contribution is -0.139. The predicted molar refractivity (Wildman–Crippen MR) is 132 cm³/mol. The molecule has 7 heteroatoms. The van der Waals surface area contributed by atoms with E-state index in [1.807, 2.05) is 19.9 Å². The van der Waals surface area contributed by atoms with Gasteiger partial charge in [0.05, 0.1) is 11.0 Å². The molecule has 0 saturated heterocycles.